The van der Waals surface area contributed by atoms with E-state index in [1.54, 1.807) is 42.0 Å². The fraction of sp³-hybridized carbons (Fsp3) is 0.429. The van der Waals surface area contributed by atoms with Crippen molar-refractivity contribution in [2.75, 3.05) is 13.4 Å². The maximum atomic E-state index is 6.33. The molecule has 4 nitrogen and oxygen atoms in total. The number of thioether (sulfide) groups is 2. The molecule has 7 heteroatoms. The molecule has 0 amide bonds. The quantitative estimate of drug-likeness (QED) is 0.772. The molecule has 2 rings (SSSR count). The number of para-hydroxylation sites is 1. The minimum atomic E-state index is 0.0351. The van der Waals surface area contributed by atoms with Crippen LogP contribution in [-0.2, 0) is 0 Å². The third-order valence-corrected chi connectivity index (χ3v) is 6.47. The molecule has 1 heterocycles. The van der Waals surface area contributed by atoms with E-state index in [4.69, 9.17) is 10.5 Å². The van der Waals surface area contributed by atoms with E-state index in [1.807, 2.05) is 24.5 Å². The van der Waals surface area contributed by atoms with Gasteiger partial charge in [0.25, 0.3) is 0 Å². The number of nitrogens with two attached hydrogens (primary N) is 1. The molecule has 1 aromatic carbocycles. The largest absolute Gasteiger partial charge is 0.496 e. The van der Waals surface area contributed by atoms with E-state index in [0.29, 0.717) is 0 Å². The van der Waals surface area contributed by atoms with Gasteiger partial charge in [-0.15, -0.1) is 10.2 Å². The van der Waals surface area contributed by atoms with Crippen LogP contribution in [0.25, 0.3) is 0 Å². The van der Waals surface area contributed by atoms with Crippen LogP contribution < -0.4 is 10.5 Å². The van der Waals surface area contributed by atoms with Gasteiger partial charge < -0.3 is 10.5 Å². The van der Waals surface area contributed by atoms with E-state index in [-0.39, 0.29) is 11.3 Å². The maximum absolute atomic E-state index is 6.33. The SMILES string of the molecule is CCC(N)C(Sc1nnc(SC)s1)c1ccccc1OC. The van der Waals surface area contributed by atoms with Crippen molar-refractivity contribution < 1.29 is 4.74 Å². The van der Waals surface area contributed by atoms with E-state index in [1.165, 1.54) is 0 Å². The van der Waals surface area contributed by atoms with Crippen molar-refractivity contribution >= 4 is 34.9 Å². The van der Waals surface area contributed by atoms with Gasteiger partial charge in [-0.05, 0) is 18.7 Å². The van der Waals surface area contributed by atoms with Crippen LogP contribution in [0.4, 0.5) is 0 Å². The molecular formula is C14H19N3OS3. The summed E-state index contributed by atoms with van der Waals surface area (Å²) < 4.78 is 7.40. The highest BCUT2D eigenvalue weighted by Crippen LogP contribution is 2.43. The molecule has 0 fully saturated rings. The summed E-state index contributed by atoms with van der Waals surface area (Å²) in [6, 6.07) is 8.06. The van der Waals surface area contributed by atoms with Crippen molar-refractivity contribution in [1.82, 2.24) is 10.2 Å². The minimum Gasteiger partial charge on any atom is -0.496 e. The Balaban J connectivity index is 2.29. The number of benzene rings is 1. The highest BCUT2D eigenvalue weighted by molar-refractivity contribution is 8.03. The number of methoxy groups -OCH3 is 1. The topological polar surface area (TPSA) is 61.0 Å². The Bertz CT molecular complexity index is 576. The Kier molecular flexibility index (Phi) is 6.35. The second-order valence-electron chi connectivity index (χ2n) is 4.39. The Morgan fingerprint density at radius 1 is 1.29 bits per heavy atom. The van der Waals surface area contributed by atoms with Gasteiger partial charge in [0.1, 0.15) is 5.75 Å². The van der Waals surface area contributed by atoms with Crippen LogP contribution in [0.1, 0.15) is 24.2 Å². The second-order valence-corrected chi connectivity index (χ2v) is 7.81. The fourth-order valence-electron chi connectivity index (χ4n) is 1.93. The van der Waals surface area contributed by atoms with Gasteiger partial charge in [-0.1, -0.05) is 60.0 Å². The van der Waals surface area contributed by atoms with Crippen LogP contribution in [0.5, 0.6) is 5.75 Å². The molecule has 114 valence electrons. The summed E-state index contributed by atoms with van der Waals surface area (Å²) in [5.74, 6) is 0.869. The molecule has 0 bridgehead atoms. The maximum Gasteiger partial charge on any atom is 0.175 e. The number of ether oxygens (including phenoxy) is 1. The summed E-state index contributed by atoms with van der Waals surface area (Å²) >= 11 is 4.88. The molecule has 0 spiro atoms. The lowest BCUT2D eigenvalue weighted by atomic mass is 10.0. The van der Waals surface area contributed by atoms with E-state index < -0.39 is 0 Å². The van der Waals surface area contributed by atoms with Gasteiger partial charge in [0, 0.05) is 11.6 Å². The van der Waals surface area contributed by atoms with Gasteiger partial charge in [0.05, 0.1) is 12.4 Å². The summed E-state index contributed by atoms with van der Waals surface area (Å²) in [7, 11) is 1.69. The highest BCUT2D eigenvalue weighted by Gasteiger charge is 2.24. The molecular weight excluding hydrogens is 322 g/mol. The van der Waals surface area contributed by atoms with Crippen LogP contribution >= 0.6 is 34.9 Å². The molecule has 2 aromatic rings. The molecule has 1 aromatic heterocycles. The molecule has 2 atom stereocenters. The van der Waals surface area contributed by atoms with Crippen LogP contribution in [0.2, 0.25) is 0 Å². The molecule has 2 unspecified atom stereocenters. The molecule has 0 aliphatic rings. The lowest BCUT2D eigenvalue weighted by Gasteiger charge is -2.23. The molecule has 0 saturated heterocycles. The highest BCUT2D eigenvalue weighted by atomic mass is 32.2. The predicted octanol–water partition coefficient (Wildman–Crippen LogP) is 3.84. The number of nitrogens with zero attached hydrogens (tertiary/aromatic N) is 2. The minimum absolute atomic E-state index is 0.0351. The first-order chi connectivity index (χ1) is 10.2. The zero-order valence-corrected chi connectivity index (χ0v) is 14.7. The summed E-state index contributed by atoms with van der Waals surface area (Å²) in [5, 5.41) is 8.49. The van der Waals surface area contributed by atoms with E-state index in [9.17, 15) is 0 Å². The zero-order valence-electron chi connectivity index (χ0n) is 12.3. The Morgan fingerprint density at radius 3 is 2.62 bits per heavy atom. The van der Waals surface area contributed by atoms with Crippen LogP contribution in [0.15, 0.2) is 32.9 Å². The van der Waals surface area contributed by atoms with E-state index >= 15 is 0 Å². The van der Waals surface area contributed by atoms with Crippen LogP contribution in [0.3, 0.4) is 0 Å². The first-order valence-electron chi connectivity index (χ1n) is 6.62. The van der Waals surface area contributed by atoms with Gasteiger partial charge in [0.2, 0.25) is 0 Å². The number of hydrogen-bond acceptors (Lipinski definition) is 7. The van der Waals surface area contributed by atoms with Crippen molar-refractivity contribution in [2.24, 2.45) is 5.73 Å². The van der Waals surface area contributed by atoms with Crippen LogP contribution in [-0.4, -0.2) is 29.6 Å². The monoisotopic (exact) mass is 341 g/mol. The molecule has 0 radical (unpaired) electrons. The Hall–Kier alpha value is -0.760. The molecule has 2 N–H and O–H groups in total. The third kappa shape index (κ3) is 4.12. The second kappa shape index (κ2) is 8.03. The summed E-state index contributed by atoms with van der Waals surface area (Å²) in [6.45, 7) is 2.10. The normalized spacial score (nSPS) is 13.9. The van der Waals surface area contributed by atoms with Gasteiger partial charge >= 0.3 is 0 Å². The van der Waals surface area contributed by atoms with Gasteiger partial charge in [0.15, 0.2) is 8.68 Å². The Morgan fingerprint density at radius 2 is 2.00 bits per heavy atom. The van der Waals surface area contributed by atoms with Crippen LogP contribution in [0, 0.1) is 0 Å². The number of hydrogen-bond donors (Lipinski definition) is 1. The van der Waals surface area contributed by atoms with Gasteiger partial charge in [-0.25, -0.2) is 0 Å². The van der Waals surface area contributed by atoms with Crippen molar-refractivity contribution in [3.8, 4) is 5.75 Å². The Labute approximate surface area is 137 Å². The average Bonchev–Trinajstić information content (AvgIpc) is 2.99. The van der Waals surface area contributed by atoms with Crippen molar-refractivity contribution in [2.45, 2.75) is 33.3 Å². The average molecular weight is 342 g/mol. The molecule has 21 heavy (non-hydrogen) atoms. The van der Waals surface area contributed by atoms with Crippen molar-refractivity contribution in [3.63, 3.8) is 0 Å². The van der Waals surface area contributed by atoms with E-state index in [2.05, 4.69) is 23.2 Å². The third-order valence-electron chi connectivity index (χ3n) is 3.10. The molecule has 0 aliphatic heterocycles. The zero-order chi connectivity index (χ0) is 15.2. The summed E-state index contributed by atoms with van der Waals surface area (Å²) in [5.41, 5.74) is 7.45. The molecule has 0 aliphatic carbocycles. The first kappa shape index (κ1) is 16.6. The number of rotatable bonds is 7. The smallest absolute Gasteiger partial charge is 0.175 e. The van der Waals surface area contributed by atoms with Gasteiger partial charge in [-0.3, -0.25) is 0 Å². The lowest BCUT2D eigenvalue weighted by Crippen LogP contribution is -2.26. The number of aromatic nitrogens is 2. The van der Waals surface area contributed by atoms with Crippen molar-refractivity contribution in [1.29, 1.82) is 0 Å². The summed E-state index contributed by atoms with van der Waals surface area (Å²) in [4.78, 5) is 0. The van der Waals surface area contributed by atoms with E-state index in [0.717, 1.165) is 26.4 Å². The fourth-order valence-corrected chi connectivity index (χ4v) is 4.83. The molecule has 0 saturated carbocycles. The lowest BCUT2D eigenvalue weighted by molar-refractivity contribution is 0.407. The summed E-state index contributed by atoms with van der Waals surface area (Å²) in [6.07, 6.45) is 2.90. The standard InChI is InChI=1S/C14H19N3OS3/c1-4-10(15)12(9-7-5-6-8-11(9)18-2)20-14-17-16-13(19-3)21-14/h5-8,10,12H,4,15H2,1-3H3. The van der Waals surface area contributed by atoms with Crippen molar-refractivity contribution in [3.05, 3.63) is 29.8 Å². The predicted molar refractivity (Wildman–Crippen MR) is 91.5 cm³/mol. The first-order valence-corrected chi connectivity index (χ1v) is 9.54. The van der Waals surface area contributed by atoms with Gasteiger partial charge in [-0.2, -0.15) is 0 Å².